The van der Waals surface area contributed by atoms with Crippen LogP contribution in [0.15, 0.2) is 46.9 Å². The van der Waals surface area contributed by atoms with Gasteiger partial charge in [0.2, 0.25) is 0 Å². The molecule has 0 amide bonds. The Hall–Kier alpha value is -1.32. The lowest BCUT2D eigenvalue weighted by Gasteiger charge is -2.26. The van der Waals surface area contributed by atoms with Gasteiger partial charge in [-0.05, 0) is 63.5 Å². The van der Waals surface area contributed by atoms with Crippen LogP contribution in [0.5, 0.6) is 5.75 Å². The summed E-state index contributed by atoms with van der Waals surface area (Å²) < 4.78 is 6.21. The van der Waals surface area contributed by atoms with Crippen LogP contribution < -0.4 is 10.5 Å². The van der Waals surface area contributed by atoms with Gasteiger partial charge in [0.15, 0.2) is 0 Å². The molecule has 1 fully saturated rings. The van der Waals surface area contributed by atoms with Crippen LogP contribution in [-0.4, -0.2) is 7.11 Å². The Labute approximate surface area is 134 Å². The number of ether oxygens (including phenoxy) is 1. The Kier molecular flexibility index (Phi) is 4.32. The number of rotatable bonds is 4. The summed E-state index contributed by atoms with van der Waals surface area (Å²) >= 11 is 3.53. The van der Waals surface area contributed by atoms with E-state index in [0.29, 0.717) is 0 Å². The molecule has 3 heteroatoms. The molecule has 21 heavy (non-hydrogen) atoms. The van der Waals surface area contributed by atoms with Gasteiger partial charge in [0.25, 0.3) is 0 Å². The number of hydrogen-bond donors (Lipinski definition) is 1. The maximum Gasteiger partial charge on any atom is 0.133 e. The first-order chi connectivity index (χ1) is 10.2. The smallest absolute Gasteiger partial charge is 0.133 e. The van der Waals surface area contributed by atoms with Crippen LogP contribution in [-0.2, 0) is 0 Å². The van der Waals surface area contributed by atoms with E-state index in [9.17, 15) is 0 Å². The van der Waals surface area contributed by atoms with Crippen molar-refractivity contribution in [3.8, 4) is 5.75 Å². The van der Waals surface area contributed by atoms with Crippen molar-refractivity contribution in [1.29, 1.82) is 0 Å². The maximum atomic E-state index is 6.44. The summed E-state index contributed by atoms with van der Waals surface area (Å²) in [6, 6.07) is 14.7. The molecule has 0 spiro atoms. The highest BCUT2D eigenvalue weighted by Gasteiger charge is 2.20. The Morgan fingerprint density at radius 3 is 2.52 bits per heavy atom. The van der Waals surface area contributed by atoms with Crippen molar-refractivity contribution in [2.45, 2.75) is 31.2 Å². The summed E-state index contributed by atoms with van der Waals surface area (Å²) in [5.74, 6) is 1.56. The van der Waals surface area contributed by atoms with Crippen LogP contribution >= 0.6 is 15.9 Å². The number of nitrogens with two attached hydrogens (primary N) is 1. The van der Waals surface area contributed by atoms with Crippen LogP contribution in [0.4, 0.5) is 0 Å². The van der Waals surface area contributed by atoms with Crippen LogP contribution in [0.2, 0.25) is 0 Å². The molecule has 0 saturated heterocycles. The molecule has 2 aromatic carbocycles. The Morgan fingerprint density at radius 1 is 1.14 bits per heavy atom. The Morgan fingerprint density at radius 2 is 1.90 bits per heavy atom. The van der Waals surface area contributed by atoms with Crippen molar-refractivity contribution in [2.75, 3.05) is 7.11 Å². The molecule has 1 atom stereocenters. The zero-order chi connectivity index (χ0) is 14.8. The monoisotopic (exact) mass is 345 g/mol. The zero-order valence-corrected chi connectivity index (χ0v) is 13.8. The fourth-order valence-electron chi connectivity index (χ4n) is 2.82. The first kappa shape index (κ1) is 14.6. The van der Waals surface area contributed by atoms with Gasteiger partial charge in [-0.1, -0.05) is 36.8 Å². The van der Waals surface area contributed by atoms with E-state index in [2.05, 4.69) is 40.2 Å². The molecule has 0 aliphatic heterocycles. The lowest BCUT2D eigenvalue weighted by Crippen LogP contribution is -2.14. The van der Waals surface area contributed by atoms with E-state index in [1.54, 1.807) is 7.11 Å². The summed E-state index contributed by atoms with van der Waals surface area (Å²) in [5, 5.41) is 0. The SMILES string of the molecule is COc1ccc(C(N)c2cccc(C3CCC3)c2)cc1Br. The molecule has 1 unspecified atom stereocenters. The molecule has 0 bridgehead atoms. The largest absolute Gasteiger partial charge is 0.496 e. The minimum atomic E-state index is -0.104. The van der Waals surface area contributed by atoms with E-state index >= 15 is 0 Å². The van der Waals surface area contributed by atoms with E-state index in [4.69, 9.17) is 10.5 Å². The zero-order valence-electron chi connectivity index (χ0n) is 12.2. The predicted octanol–water partition coefficient (Wildman–Crippen LogP) is 4.77. The third-order valence-corrected chi connectivity index (χ3v) is 5.00. The van der Waals surface area contributed by atoms with Crippen LogP contribution in [0, 0.1) is 0 Å². The molecule has 3 rings (SSSR count). The number of halogens is 1. The first-order valence-corrected chi connectivity index (χ1v) is 8.17. The lowest BCUT2D eigenvalue weighted by molar-refractivity contribution is 0.412. The average Bonchev–Trinajstić information content (AvgIpc) is 2.45. The molecule has 110 valence electrons. The Balaban J connectivity index is 1.87. The van der Waals surface area contributed by atoms with Crippen molar-refractivity contribution >= 4 is 15.9 Å². The molecule has 1 saturated carbocycles. The summed E-state index contributed by atoms with van der Waals surface area (Å²) in [7, 11) is 1.67. The van der Waals surface area contributed by atoms with Crippen LogP contribution in [0.1, 0.15) is 47.9 Å². The molecule has 0 heterocycles. The van der Waals surface area contributed by atoms with Gasteiger partial charge in [0.1, 0.15) is 5.75 Å². The second-order valence-electron chi connectivity index (χ2n) is 5.67. The fourth-order valence-corrected chi connectivity index (χ4v) is 3.37. The lowest BCUT2D eigenvalue weighted by atomic mass is 9.79. The van der Waals surface area contributed by atoms with E-state index < -0.39 is 0 Å². The van der Waals surface area contributed by atoms with E-state index in [1.807, 2.05) is 18.2 Å². The van der Waals surface area contributed by atoms with Gasteiger partial charge in [0.05, 0.1) is 17.6 Å². The van der Waals surface area contributed by atoms with Gasteiger partial charge in [-0.15, -0.1) is 0 Å². The molecule has 0 aromatic heterocycles. The average molecular weight is 346 g/mol. The third-order valence-electron chi connectivity index (χ3n) is 4.38. The highest BCUT2D eigenvalue weighted by molar-refractivity contribution is 9.10. The van der Waals surface area contributed by atoms with Crippen LogP contribution in [0.25, 0.3) is 0 Å². The number of hydrogen-bond acceptors (Lipinski definition) is 2. The molecule has 2 aromatic rings. The van der Waals surface area contributed by atoms with Crippen molar-refractivity contribution in [2.24, 2.45) is 5.73 Å². The highest BCUT2D eigenvalue weighted by atomic mass is 79.9. The summed E-state index contributed by atoms with van der Waals surface area (Å²) in [4.78, 5) is 0. The number of methoxy groups -OCH3 is 1. The minimum Gasteiger partial charge on any atom is -0.496 e. The predicted molar refractivity (Wildman–Crippen MR) is 89.8 cm³/mol. The van der Waals surface area contributed by atoms with E-state index in [0.717, 1.165) is 21.7 Å². The summed E-state index contributed by atoms with van der Waals surface area (Å²) in [5.41, 5.74) is 10.1. The Bertz CT molecular complexity index is 637. The van der Waals surface area contributed by atoms with Crippen molar-refractivity contribution < 1.29 is 4.74 Å². The molecule has 2 nitrogen and oxygen atoms in total. The highest BCUT2D eigenvalue weighted by Crippen LogP contribution is 2.37. The second-order valence-corrected chi connectivity index (χ2v) is 6.52. The van der Waals surface area contributed by atoms with Gasteiger partial charge in [-0.2, -0.15) is 0 Å². The molecule has 0 radical (unpaired) electrons. The fraction of sp³-hybridized carbons (Fsp3) is 0.333. The van der Waals surface area contributed by atoms with Crippen molar-refractivity contribution in [1.82, 2.24) is 0 Å². The van der Waals surface area contributed by atoms with E-state index in [-0.39, 0.29) is 6.04 Å². The van der Waals surface area contributed by atoms with Gasteiger partial charge < -0.3 is 10.5 Å². The standard InChI is InChI=1S/C18H20BrNO/c1-21-17-9-8-15(11-16(17)19)18(20)14-7-3-6-13(10-14)12-4-2-5-12/h3,6-12,18H,2,4-5,20H2,1H3. The summed E-state index contributed by atoms with van der Waals surface area (Å²) in [6.07, 6.45) is 3.98. The molecule has 1 aliphatic rings. The van der Waals surface area contributed by atoms with Gasteiger partial charge in [-0.25, -0.2) is 0 Å². The third kappa shape index (κ3) is 2.99. The normalized spacial score (nSPS) is 16.3. The topological polar surface area (TPSA) is 35.2 Å². The molecular formula is C18H20BrNO. The minimum absolute atomic E-state index is 0.104. The quantitative estimate of drug-likeness (QED) is 0.865. The van der Waals surface area contributed by atoms with E-state index in [1.165, 1.54) is 30.4 Å². The number of benzene rings is 2. The van der Waals surface area contributed by atoms with Crippen LogP contribution in [0.3, 0.4) is 0 Å². The molecule has 2 N–H and O–H groups in total. The van der Waals surface area contributed by atoms with Gasteiger partial charge in [-0.3, -0.25) is 0 Å². The summed E-state index contributed by atoms with van der Waals surface area (Å²) in [6.45, 7) is 0. The molecular weight excluding hydrogens is 326 g/mol. The first-order valence-electron chi connectivity index (χ1n) is 7.38. The van der Waals surface area contributed by atoms with Gasteiger partial charge >= 0.3 is 0 Å². The molecule has 1 aliphatic carbocycles. The van der Waals surface area contributed by atoms with Crippen molar-refractivity contribution in [3.63, 3.8) is 0 Å². The van der Waals surface area contributed by atoms with Crippen molar-refractivity contribution in [3.05, 3.63) is 63.6 Å². The van der Waals surface area contributed by atoms with Gasteiger partial charge in [0, 0.05) is 0 Å². The second kappa shape index (κ2) is 6.20. The maximum absolute atomic E-state index is 6.44.